The normalized spacial score (nSPS) is 19.6. The molecule has 1 heterocycles. The summed E-state index contributed by atoms with van der Waals surface area (Å²) in [7, 11) is 4.26. The molecule has 4 nitrogen and oxygen atoms in total. The van der Waals surface area contributed by atoms with E-state index in [1.165, 1.54) is 12.8 Å². The van der Waals surface area contributed by atoms with E-state index in [9.17, 15) is 0 Å². The minimum atomic E-state index is -0.0158. The zero-order valence-electron chi connectivity index (χ0n) is 12.2. The second-order valence-electron chi connectivity index (χ2n) is 5.57. The minimum Gasteiger partial charge on any atom is -0.492 e. The van der Waals surface area contributed by atoms with Crippen molar-refractivity contribution in [3.05, 3.63) is 24.0 Å². The molecule has 1 unspecified atom stereocenters. The van der Waals surface area contributed by atoms with E-state index in [4.69, 9.17) is 10.5 Å². The lowest BCUT2D eigenvalue weighted by atomic mass is 9.83. The number of nitrogens with zero attached hydrogens (tertiary/aromatic N) is 2. The number of rotatable bonds is 5. The number of likely N-dealkylation sites (N-methyl/N-ethyl adjacent to an activating group) is 1. The molecular formula is C15H25N3O. The standard InChI is InChI=1S/C15H25N3O/c1-4-19-13-9-12(10-17-11-13)14(16)15(18(2)3)7-5-6-8-15/h9-11,14H,4-8,16H2,1-3H3. The van der Waals surface area contributed by atoms with Gasteiger partial charge in [-0.2, -0.15) is 0 Å². The zero-order chi connectivity index (χ0) is 13.9. The third kappa shape index (κ3) is 2.74. The Labute approximate surface area is 116 Å². The van der Waals surface area contributed by atoms with Crippen LogP contribution in [0.25, 0.3) is 0 Å². The lowest BCUT2D eigenvalue weighted by molar-refractivity contribution is 0.123. The molecule has 0 spiro atoms. The third-order valence-electron chi connectivity index (χ3n) is 4.34. The summed E-state index contributed by atoms with van der Waals surface area (Å²) >= 11 is 0. The monoisotopic (exact) mass is 263 g/mol. The molecule has 0 bridgehead atoms. The molecule has 106 valence electrons. The highest BCUT2D eigenvalue weighted by Gasteiger charge is 2.42. The van der Waals surface area contributed by atoms with E-state index < -0.39 is 0 Å². The van der Waals surface area contributed by atoms with Gasteiger partial charge in [0, 0.05) is 17.8 Å². The first-order valence-corrected chi connectivity index (χ1v) is 7.11. The molecule has 0 amide bonds. The van der Waals surface area contributed by atoms with E-state index in [1.807, 2.05) is 19.2 Å². The van der Waals surface area contributed by atoms with Gasteiger partial charge in [-0.1, -0.05) is 12.8 Å². The van der Waals surface area contributed by atoms with Gasteiger partial charge in [0.25, 0.3) is 0 Å². The number of hydrogen-bond donors (Lipinski definition) is 1. The number of nitrogens with two attached hydrogens (primary N) is 1. The summed E-state index contributed by atoms with van der Waals surface area (Å²) in [5, 5.41) is 0. The number of aromatic nitrogens is 1. The van der Waals surface area contributed by atoms with Gasteiger partial charge in [-0.15, -0.1) is 0 Å². The average Bonchev–Trinajstić information content (AvgIpc) is 2.89. The molecule has 2 N–H and O–H groups in total. The maximum Gasteiger partial charge on any atom is 0.137 e. The summed E-state index contributed by atoms with van der Waals surface area (Å²) < 4.78 is 5.52. The van der Waals surface area contributed by atoms with Crippen LogP contribution in [-0.4, -0.2) is 36.1 Å². The van der Waals surface area contributed by atoms with Gasteiger partial charge in [-0.25, -0.2) is 0 Å². The molecular weight excluding hydrogens is 238 g/mol. The molecule has 1 saturated carbocycles. The highest BCUT2D eigenvalue weighted by Crippen LogP contribution is 2.42. The van der Waals surface area contributed by atoms with E-state index in [1.54, 1.807) is 6.20 Å². The number of ether oxygens (including phenoxy) is 1. The first-order chi connectivity index (χ1) is 9.10. The Morgan fingerprint density at radius 1 is 1.37 bits per heavy atom. The Balaban J connectivity index is 2.26. The first kappa shape index (κ1) is 14.3. The molecule has 2 rings (SSSR count). The molecule has 1 atom stereocenters. The molecule has 1 aromatic heterocycles. The summed E-state index contributed by atoms with van der Waals surface area (Å²) in [4.78, 5) is 6.55. The maximum atomic E-state index is 6.56. The molecule has 4 heteroatoms. The summed E-state index contributed by atoms with van der Waals surface area (Å²) in [6.45, 7) is 2.63. The lowest BCUT2D eigenvalue weighted by Crippen LogP contribution is -2.50. The van der Waals surface area contributed by atoms with E-state index in [-0.39, 0.29) is 11.6 Å². The summed E-state index contributed by atoms with van der Waals surface area (Å²) in [6.07, 6.45) is 8.43. The second kappa shape index (κ2) is 5.88. The van der Waals surface area contributed by atoms with Gasteiger partial charge in [0.05, 0.1) is 12.8 Å². The van der Waals surface area contributed by atoms with Gasteiger partial charge in [0.1, 0.15) is 5.75 Å². The topological polar surface area (TPSA) is 51.4 Å². The van der Waals surface area contributed by atoms with Crippen molar-refractivity contribution >= 4 is 0 Å². The highest BCUT2D eigenvalue weighted by molar-refractivity contribution is 5.28. The minimum absolute atomic E-state index is 0.0158. The maximum absolute atomic E-state index is 6.56. The van der Waals surface area contributed by atoms with Crippen molar-refractivity contribution < 1.29 is 4.74 Å². The molecule has 1 fully saturated rings. The first-order valence-electron chi connectivity index (χ1n) is 7.11. The largest absolute Gasteiger partial charge is 0.492 e. The van der Waals surface area contributed by atoms with E-state index >= 15 is 0 Å². The smallest absolute Gasteiger partial charge is 0.137 e. The molecule has 19 heavy (non-hydrogen) atoms. The van der Waals surface area contributed by atoms with Crippen LogP contribution in [-0.2, 0) is 0 Å². The van der Waals surface area contributed by atoms with Crippen LogP contribution >= 0.6 is 0 Å². The van der Waals surface area contributed by atoms with Crippen molar-refractivity contribution in [1.82, 2.24) is 9.88 Å². The summed E-state index contributed by atoms with van der Waals surface area (Å²) in [5.41, 5.74) is 7.70. The fraction of sp³-hybridized carbons (Fsp3) is 0.667. The Morgan fingerprint density at radius 3 is 2.63 bits per heavy atom. The number of hydrogen-bond acceptors (Lipinski definition) is 4. The Hall–Kier alpha value is -1.13. The average molecular weight is 263 g/mol. The SMILES string of the molecule is CCOc1cncc(C(N)C2(N(C)C)CCCC2)c1. The van der Waals surface area contributed by atoms with Crippen LogP contribution in [0, 0.1) is 0 Å². The third-order valence-corrected chi connectivity index (χ3v) is 4.34. The van der Waals surface area contributed by atoms with E-state index in [0.717, 1.165) is 24.2 Å². The molecule has 0 aliphatic heterocycles. The van der Waals surface area contributed by atoms with Crippen LogP contribution < -0.4 is 10.5 Å². The number of pyridine rings is 1. The van der Waals surface area contributed by atoms with Crippen molar-refractivity contribution in [2.45, 2.75) is 44.2 Å². The van der Waals surface area contributed by atoms with Crippen LogP contribution in [0.15, 0.2) is 18.5 Å². The fourth-order valence-corrected chi connectivity index (χ4v) is 3.19. The van der Waals surface area contributed by atoms with Crippen molar-refractivity contribution in [3.8, 4) is 5.75 Å². The predicted molar refractivity (Wildman–Crippen MR) is 77.2 cm³/mol. The van der Waals surface area contributed by atoms with Gasteiger partial charge in [0.2, 0.25) is 0 Å². The Bertz CT molecular complexity index is 414. The quantitative estimate of drug-likeness (QED) is 0.886. The van der Waals surface area contributed by atoms with Crippen molar-refractivity contribution in [2.75, 3.05) is 20.7 Å². The molecule has 1 aliphatic rings. The molecule has 1 aromatic rings. The van der Waals surface area contributed by atoms with Gasteiger partial charge in [-0.3, -0.25) is 4.98 Å². The molecule has 0 saturated heterocycles. The van der Waals surface area contributed by atoms with E-state index in [2.05, 4.69) is 24.0 Å². The van der Waals surface area contributed by atoms with Crippen molar-refractivity contribution in [2.24, 2.45) is 5.73 Å². The van der Waals surface area contributed by atoms with Gasteiger partial charge < -0.3 is 15.4 Å². The van der Waals surface area contributed by atoms with Crippen LogP contribution in [0.5, 0.6) is 5.75 Å². The van der Waals surface area contributed by atoms with Gasteiger partial charge >= 0.3 is 0 Å². The van der Waals surface area contributed by atoms with Gasteiger partial charge in [-0.05, 0) is 45.5 Å². The summed E-state index contributed by atoms with van der Waals surface area (Å²) in [6, 6.07) is 2.02. The predicted octanol–water partition coefficient (Wildman–Crippen LogP) is 2.35. The fourth-order valence-electron chi connectivity index (χ4n) is 3.19. The highest BCUT2D eigenvalue weighted by atomic mass is 16.5. The van der Waals surface area contributed by atoms with Crippen molar-refractivity contribution in [3.63, 3.8) is 0 Å². The van der Waals surface area contributed by atoms with Gasteiger partial charge in [0.15, 0.2) is 0 Å². The zero-order valence-corrected chi connectivity index (χ0v) is 12.2. The molecule has 1 aliphatic carbocycles. The Kier molecular flexibility index (Phi) is 4.42. The van der Waals surface area contributed by atoms with E-state index in [0.29, 0.717) is 6.61 Å². The van der Waals surface area contributed by atoms with Crippen LogP contribution in [0.3, 0.4) is 0 Å². The lowest BCUT2D eigenvalue weighted by Gasteiger charge is -2.41. The van der Waals surface area contributed by atoms with Crippen LogP contribution in [0.4, 0.5) is 0 Å². The Morgan fingerprint density at radius 2 is 2.05 bits per heavy atom. The molecule has 0 aromatic carbocycles. The van der Waals surface area contributed by atoms with Crippen molar-refractivity contribution in [1.29, 1.82) is 0 Å². The second-order valence-corrected chi connectivity index (χ2v) is 5.57. The molecule has 0 radical (unpaired) electrons. The van der Waals surface area contributed by atoms with Crippen LogP contribution in [0.2, 0.25) is 0 Å². The summed E-state index contributed by atoms with van der Waals surface area (Å²) in [5.74, 6) is 0.808. The van der Waals surface area contributed by atoms with Crippen LogP contribution in [0.1, 0.15) is 44.2 Å².